The lowest BCUT2D eigenvalue weighted by Crippen LogP contribution is -2.29. The van der Waals surface area contributed by atoms with E-state index < -0.39 is 0 Å². The molecule has 0 saturated carbocycles. The van der Waals surface area contributed by atoms with E-state index >= 15 is 0 Å². The van der Waals surface area contributed by atoms with Crippen molar-refractivity contribution in [2.75, 3.05) is 48.6 Å². The predicted molar refractivity (Wildman–Crippen MR) is 110 cm³/mol. The van der Waals surface area contributed by atoms with E-state index in [0.29, 0.717) is 37.5 Å². The van der Waals surface area contributed by atoms with Gasteiger partial charge in [-0.15, -0.1) is 18.0 Å². The average molecular weight is 404 g/mol. The topological polar surface area (TPSA) is 113 Å². The molecule has 1 aromatic heterocycles. The molecule has 2 rings (SSSR count). The van der Waals surface area contributed by atoms with Crippen molar-refractivity contribution in [3.05, 3.63) is 29.8 Å². The maximum absolute atomic E-state index is 11.2. The zero-order valence-corrected chi connectivity index (χ0v) is 16.2. The Morgan fingerprint density at radius 1 is 1.14 bits per heavy atom. The number of rotatable bonds is 11. The molecule has 0 fully saturated rings. The highest BCUT2D eigenvalue weighted by molar-refractivity contribution is 6.27. The molecular weight excluding hydrogens is 382 g/mol. The Balaban J connectivity index is 2.02. The Kier molecular flexibility index (Phi) is 8.62. The SMILES string of the molecule is C#CCNc1nc(NCCNC(=O)CCl)nc(NCc2cccc(OC)c2)n1. The van der Waals surface area contributed by atoms with Crippen LogP contribution in [0.4, 0.5) is 17.8 Å². The van der Waals surface area contributed by atoms with Gasteiger partial charge in [0.1, 0.15) is 11.6 Å². The van der Waals surface area contributed by atoms with Gasteiger partial charge in [-0.2, -0.15) is 15.0 Å². The molecule has 9 nitrogen and oxygen atoms in total. The van der Waals surface area contributed by atoms with Crippen LogP contribution in [0.15, 0.2) is 24.3 Å². The fraction of sp³-hybridized carbons (Fsp3) is 0.333. The Morgan fingerprint density at radius 3 is 2.54 bits per heavy atom. The van der Waals surface area contributed by atoms with Gasteiger partial charge in [-0.25, -0.2) is 0 Å². The number of carbonyl (C=O) groups is 1. The maximum Gasteiger partial charge on any atom is 0.234 e. The molecule has 10 heteroatoms. The number of ether oxygens (including phenoxy) is 1. The molecule has 1 amide bonds. The van der Waals surface area contributed by atoms with Crippen molar-refractivity contribution < 1.29 is 9.53 Å². The second kappa shape index (κ2) is 11.5. The number of alkyl halides is 1. The van der Waals surface area contributed by atoms with Crippen molar-refractivity contribution in [3.63, 3.8) is 0 Å². The largest absolute Gasteiger partial charge is 0.497 e. The molecule has 4 N–H and O–H groups in total. The third-order valence-electron chi connectivity index (χ3n) is 3.42. The Hall–Kier alpha value is -3.25. The summed E-state index contributed by atoms with van der Waals surface area (Å²) in [6.07, 6.45) is 5.28. The van der Waals surface area contributed by atoms with Crippen LogP contribution < -0.4 is 26.0 Å². The summed E-state index contributed by atoms with van der Waals surface area (Å²) in [4.78, 5) is 24.0. The first-order chi connectivity index (χ1) is 13.6. The van der Waals surface area contributed by atoms with Crippen LogP contribution in [0, 0.1) is 12.3 Å². The second-order valence-electron chi connectivity index (χ2n) is 5.48. The van der Waals surface area contributed by atoms with Gasteiger partial charge in [0.05, 0.1) is 13.7 Å². The summed E-state index contributed by atoms with van der Waals surface area (Å²) in [6, 6.07) is 7.67. The fourth-order valence-electron chi connectivity index (χ4n) is 2.13. The van der Waals surface area contributed by atoms with Gasteiger partial charge in [0.15, 0.2) is 0 Å². The first kappa shape index (κ1) is 21.1. The van der Waals surface area contributed by atoms with Crippen LogP contribution in [0.1, 0.15) is 5.56 Å². The molecule has 0 saturated heterocycles. The summed E-state index contributed by atoms with van der Waals surface area (Å²) in [5.41, 5.74) is 1.01. The van der Waals surface area contributed by atoms with Crippen molar-refractivity contribution in [2.45, 2.75) is 6.54 Å². The molecule has 1 heterocycles. The normalized spacial score (nSPS) is 9.89. The number of nitrogens with one attached hydrogen (secondary N) is 4. The average Bonchev–Trinajstić information content (AvgIpc) is 2.73. The lowest BCUT2D eigenvalue weighted by atomic mass is 10.2. The zero-order chi connectivity index (χ0) is 20.2. The first-order valence-corrected chi connectivity index (χ1v) is 9.04. The van der Waals surface area contributed by atoms with Gasteiger partial charge < -0.3 is 26.0 Å². The van der Waals surface area contributed by atoms with Crippen molar-refractivity contribution in [1.82, 2.24) is 20.3 Å². The molecule has 1 aromatic carbocycles. The number of nitrogens with zero attached hydrogens (tertiary/aromatic N) is 3. The summed E-state index contributed by atoms with van der Waals surface area (Å²) in [5, 5.41) is 11.7. The van der Waals surface area contributed by atoms with Gasteiger partial charge in [-0.05, 0) is 17.7 Å². The number of halogens is 1. The minimum atomic E-state index is -0.240. The first-order valence-electron chi connectivity index (χ1n) is 8.51. The van der Waals surface area contributed by atoms with E-state index in [9.17, 15) is 4.79 Å². The van der Waals surface area contributed by atoms with E-state index in [1.54, 1.807) is 7.11 Å². The van der Waals surface area contributed by atoms with Gasteiger partial charge in [-0.1, -0.05) is 18.1 Å². The molecular formula is C18H22ClN7O2. The van der Waals surface area contributed by atoms with E-state index in [2.05, 4.69) is 42.1 Å². The van der Waals surface area contributed by atoms with Crippen LogP contribution in [-0.2, 0) is 11.3 Å². The molecule has 0 radical (unpaired) electrons. The quantitative estimate of drug-likeness (QED) is 0.252. The van der Waals surface area contributed by atoms with E-state index in [0.717, 1.165) is 11.3 Å². The monoisotopic (exact) mass is 403 g/mol. The van der Waals surface area contributed by atoms with Crippen LogP contribution in [0.3, 0.4) is 0 Å². The third kappa shape index (κ3) is 7.17. The molecule has 0 bridgehead atoms. The Morgan fingerprint density at radius 2 is 1.86 bits per heavy atom. The highest BCUT2D eigenvalue weighted by atomic mass is 35.5. The number of methoxy groups -OCH3 is 1. The van der Waals surface area contributed by atoms with Gasteiger partial charge in [0.2, 0.25) is 23.8 Å². The smallest absolute Gasteiger partial charge is 0.234 e. The third-order valence-corrected chi connectivity index (χ3v) is 3.66. The lowest BCUT2D eigenvalue weighted by molar-refractivity contribution is -0.118. The van der Waals surface area contributed by atoms with Gasteiger partial charge in [0.25, 0.3) is 0 Å². The van der Waals surface area contributed by atoms with Crippen molar-refractivity contribution in [1.29, 1.82) is 0 Å². The van der Waals surface area contributed by atoms with Gasteiger partial charge in [-0.3, -0.25) is 4.79 Å². The zero-order valence-electron chi connectivity index (χ0n) is 15.5. The summed E-state index contributed by atoms with van der Waals surface area (Å²) in [6.45, 7) is 1.60. The van der Waals surface area contributed by atoms with Crippen molar-refractivity contribution in [2.24, 2.45) is 0 Å². The highest BCUT2D eigenvalue weighted by Crippen LogP contribution is 2.14. The molecule has 148 valence electrons. The molecule has 0 unspecified atom stereocenters. The van der Waals surface area contributed by atoms with Crippen LogP contribution in [0.5, 0.6) is 5.75 Å². The number of anilines is 3. The van der Waals surface area contributed by atoms with E-state index in [4.69, 9.17) is 22.8 Å². The van der Waals surface area contributed by atoms with E-state index in [1.165, 1.54) is 0 Å². The lowest BCUT2D eigenvalue weighted by Gasteiger charge is -2.11. The van der Waals surface area contributed by atoms with Crippen LogP contribution in [-0.4, -0.2) is 53.5 Å². The number of hydrogen-bond donors (Lipinski definition) is 4. The van der Waals surface area contributed by atoms with Crippen LogP contribution in [0.25, 0.3) is 0 Å². The number of benzene rings is 1. The minimum Gasteiger partial charge on any atom is -0.497 e. The fourth-order valence-corrected chi connectivity index (χ4v) is 2.22. The van der Waals surface area contributed by atoms with Crippen molar-refractivity contribution in [3.8, 4) is 18.1 Å². The molecule has 0 spiro atoms. The number of amides is 1. The second-order valence-corrected chi connectivity index (χ2v) is 5.75. The number of terminal acetylenes is 1. The predicted octanol–water partition coefficient (Wildman–Crippen LogP) is 1.30. The number of carbonyl (C=O) groups excluding carboxylic acids is 1. The molecule has 0 aliphatic rings. The van der Waals surface area contributed by atoms with Crippen LogP contribution >= 0.6 is 11.6 Å². The Labute approximate surface area is 168 Å². The number of hydrogen-bond acceptors (Lipinski definition) is 8. The Bertz CT molecular complexity index is 826. The number of aromatic nitrogens is 3. The van der Waals surface area contributed by atoms with Crippen molar-refractivity contribution >= 4 is 35.4 Å². The van der Waals surface area contributed by atoms with E-state index in [-0.39, 0.29) is 18.3 Å². The molecule has 28 heavy (non-hydrogen) atoms. The summed E-state index contributed by atoms with van der Waals surface area (Å²) in [7, 11) is 1.62. The standard InChI is InChI=1S/C18H22ClN7O2/c1-3-7-21-16-24-17(22-9-8-20-15(27)11-19)26-18(25-16)23-12-13-5-4-6-14(10-13)28-2/h1,4-6,10H,7-9,11-12H2,2H3,(H,20,27)(H3,21,22,23,24,25,26). The summed E-state index contributed by atoms with van der Waals surface area (Å²) < 4.78 is 5.22. The van der Waals surface area contributed by atoms with Gasteiger partial charge >= 0.3 is 0 Å². The van der Waals surface area contributed by atoms with E-state index in [1.807, 2.05) is 24.3 Å². The highest BCUT2D eigenvalue weighted by Gasteiger charge is 2.07. The van der Waals surface area contributed by atoms with Gasteiger partial charge in [0, 0.05) is 19.6 Å². The molecule has 0 aliphatic carbocycles. The summed E-state index contributed by atoms with van der Waals surface area (Å²) >= 11 is 5.44. The molecule has 0 atom stereocenters. The maximum atomic E-state index is 11.2. The minimum absolute atomic E-state index is 0.0791. The molecule has 0 aliphatic heterocycles. The molecule has 2 aromatic rings. The summed E-state index contributed by atoms with van der Waals surface area (Å²) in [5.74, 6) is 3.99. The van der Waals surface area contributed by atoms with Crippen LogP contribution in [0.2, 0.25) is 0 Å².